The van der Waals surface area contributed by atoms with Gasteiger partial charge < -0.3 is 15.0 Å². The fourth-order valence-corrected chi connectivity index (χ4v) is 3.01. The van der Waals surface area contributed by atoms with Crippen LogP contribution in [0.25, 0.3) is 0 Å². The summed E-state index contributed by atoms with van der Waals surface area (Å²) in [7, 11) is 0. The minimum atomic E-state index is 0.0529. The molecule has 0 radical (unpaired) electrons. The van der Waals surface area contributed by atoms with Crippen molar-refractivity contribution in [2.24, 2.45) is 5.92 Å². The topological polar surface area (TPSA) is 67.3 Å². The zero-order valence-electron chi connectivity index (χ0n) is 12.3. The third kappa shape index (κ3) is 3.69. The van der Waals surface area contributed by atoms with Crippen LogP contribution in [-0.4, -0.2) is 42.2 Å². The van der Waals surface area contributed by atoms with E-state index < -0.39 is 0 Å². The lowest BCUT2D eigenvalue weighted by Crippen LogP contribution is -2.25. The number of amides is 1. The number of nitrogens with one attached hydrogen (secondary N) is 1. The van der Waals surface area contributed by atoms with E-state index in [4.69, 9.17) is 4.74 Å². The van der Waals surface area contributed by atoms with Gasteiger partial charge in [-0.25, -0.2) is 9.97 Å². The van der Waals surface area contributed by atoms with Gasteiger partial charge in [0.1, 0.15) is 12.0 Å². The lowest BCUT2D eigenvalue weighted by Gasteiger charge is -2.22. The summed E-state index contributed by atoms with van der Waals surface area (Å²) >= 11 is 0. The second-order valence-electron chi connectivity index (χ2n) is 5.76. The highest BCUT2D eigenvalue weighted by atomic mass is 16.5. The van der Waals surface area contributed by atoms with Gasteiger partial charge in [-0.15, -0.1) is 0 Å². The summed E-state index contributed by atoms with van der Waals surface area (Å²) in [5.41, 5.74) is 0.733. The summed E-state index contributed by atoms with van der Waals surface area (Å²) in [6.45, 7) is 3.54. The number of aromatic nitrogens is 2. The van der Waals surface area contributed by atoms with Crippen LogP contribution in [0.3, 0.4) is 0 Å². The molecule has 0 atom stereocenters. The molecule has 3 heterocycles. The Morgan fingerprint density at radius 1 is 1.33 bits per heavy atom. The van der Waals surface area contributed by atoms with Gasteiger partial charge in [0.05, 0.1) is 6.20 Å². The van der Waals surface area contributed by atoms with Crippen molar-refractivity contribution in [3.8, 4) is 0 Å². The van der Waals surface area contributed by atoms with Crippen molar-refractivity contribution in [1.29, 1.82) is 0 Å². The summed E-state index contributed by atoms with van der Waals surface area (Å²) in [5.74, 6) is 1.33. The van der Waals surface area contributed by atoms with Gasteiger partial charge in [-0.1, -0.05) is 0 Å². The van der Waals surface area contributed by atoms with Gasteiger partial charge >= 0.3 is 0 Å². The van der Waals surface area contributed by atoms with E-state index in [-0.39, 0.29) is 5.91 Å². The van der Waals surface area contributed by atoms with E-state index in [2.05, 4.69) is 20.2 Å². The number of hydrogen-bond donors (Lipinski definition) is 1. The van der Waals surface area contributed by atoms with Crippen LogP contribution in [0.5, 0.6) is 0 Å². The van der Waals surface area contributed by atoms with Crippen LogP contribution in [0.2, 0.25) is 0 Å². The van der Waals surface area contributed by atoms with Gasteiger partial charge in [-0.2, -0.15) is 0 Å². The molecular weight excluding hydrogens is 268 g/mol. The molecule has 3 rings (SSSR count). The predicted molar refractivity (Wildman–Crippen MR) is 80.3 cm³/mol. The Morgan fingerprint density at radius 2 is 2.10 bits per heavy atom. The van der Waals surface area contributed by atoms with Crippen molar-refractivity contribution in [3.05, 3.63) is 12.5 Å². The van der Waals surface area contributed by atoms with E-state index in [1.165, 1.54) is 12.8 Å². The fraction of sp³-hybridized carbons (Fsp3) is 0.667. The number of carbonyl (C=O) groups excluding carboxylic acids is 1. The summed E-state index contributed by atoms with van der Waals surface area (Å²) in [4.78, 5) is 22.8. The van der Waals surface area contributed by atoms with E-state index in [0.717, 1.165) is 50.7 Å². The summed E-state index contributed by atoms with van der Waals surface area (Å²) in [5, 5.41) is 2.99. The van der Waals surface area contributed by atoms with Crippen LogP contribution in [0, 0.1) is 5.92 Å². The highest BCUT2D eigenvalue weighted by Gasteiger charge is 2.21. The SMILES string of the molecule is O=C(CC1CCOCC1)Nc1cncnc1N1CCCC1. The van der Waals surface area contributed by atoms with Crippen LogP contribution in [0.4, 0.5) is 11.5 Å². The molecule has 114 valence electrons. The molecular formula is C15H22N4O2. The van der Waals surface area contributed by atoms with E-state index in [9.17, 15) is 4.79 Å². The molecule has 21 heavy (non-hydrogen) atoms. The third-order valence-electron chi connectivity index (χ3n) is 4.19. The molecule has 0 saturated carbocycles. The molecule has 2 aliphatic heterocycles. The van der Waals surface area contributed by atoms with Gasteiger partial charge in [-0.05, 0) is 31.6 Å². The maximum atomic E-state index is 12.2. The largest absolute Gasteiger partial charge is 0.381 e. The van der Waals surface area contributed by atoms with Crippen LogP contribution >= 0.6 is 0 Å². The maximum absolute atomic E-state index is 12.2. The standard InChI is InChI=1S/C15H22N4O2/c20-14(9-12-3-7-21-8-4-12)18-13-10-16-11-17-15(13)19-5-1-2-6-19/h10-12H,1-9H2,(H,18,20). The average molecular weight is 290 g/mol. The maximum Gasteiger partial charge on any atom is 0.224 e. The molecule has 2 aliphatic rings. The summed E-state index contributed by atoms with van der Waals surface area (Å²) in [6.07, 6.45) is 8.09. The van der Waals surface area contributed by atoms with Crippen LogP contribution in [0.1, 0.15) is 32.1 Å². The minimum absolute atomic E-state index is 0.0529. The second-order valence-corrected chi connectivity index (χ2v) is 5.76. The van der Waals surface area contributed by atoms with E-state index >= 15 is 0 Å². The Bertz CT molecular complexity index is 482. The summed E-state index contributed by atoms with van der Waals surface area (Å²) < 4.78 is 5.33. The molecule has 2 saturated heterocycles. The number of hydrogen-bond acceptors (Lipinski definition) is 5. The Kier molecular flexibility index (Phi) is 4.65. The first-order chi connectivity index (χ1) is 10.3. The third-order valence-corrected chi connectivity index (χ3v) is 4.19. The lowest BCUT2D eigenvalue weighted by atomic mass is 9.96. The van der Waals surface area contributed by atoms with E-state index in [1.54, 1.807) is 12.5 Å². The predicted octanol–water partition coefficient (Wildman–Crippen LogP) is 1.83. The van der Waals surface area contributed by atoms with Gasteiger partial charge in [-0.3, -0.25) is 4.79 Å². The highest BCUT2D eigenvalue weighted by Crippen LogP contribution is 2.26. The van der Waals surface area contributed by atoms with Crippen molar-refractivity contribution < 1.29 is 9.53 Å². The van der Waals surface area contributed by atoms with Gasteiger partial charge in [0, 0.05) is 32.7 Å². The number of carbonyl (C=O) groups is 1. The number of ether oxygens (including phenoxy) is 1. The zero-order chi connectivity index (χ0) is 14.5. The second kappa shape index (κ2) is 6.85. The Labute approximate surface area is 124 Å². The van der Waals surface area contributed by atoms with Crippen molar-refractivity contribution in [3.63, 3.8) is 0 Å². The molecule has 1 amide bonds. The monoisotopic (exact) mass is 290 g/mol. The molecule has 1 aromatic rings. The van der Waals surface area contributed by atoms with Crippen LogP contribution in [0.15, 0.2) is 12.5 Å². The lowest BCUT2D eigenvalue weighted by molar-refractivity contribution is -0.117. The van der Waals surface area contributed by atoms with Gasteiger partial charge in [0.15, 0.2) is 5.82 Å². The number of nitrogens with zero attached hydrogens (tertiary/aromatic N) is 3. The number of anilines is 2. The van der Waals surface area contributed by atoms with Crippen molar-refractivity contribution in [1.82, 2.24) is 9.97 Å². The molecule has 0 aromatic carbocycles. The average Bonchev–Trinajstić information content (AvgIpc) is 3.03. The Hall–Kier alpha value is -1.69. The van der Waals surface area contributed by atoms with Gasteiger partial charge in [0.25, 0.3) is 0 Å². The molecule has 1 aromatic heterocycles. The van der Waals surface area contributed by atoms with Crippen LogP contribution < -0.4 is 10.2 Å². The Morgan fingerprint density at radius 3 is 2.86 bits per heavy atom. The molecule has 6 heteroatoms. The van der Waals surface area contributed by atoms with E-state index in [0.29, 0.717) is 12.3 Å². The first kappa shape index (κ1) is 14.3. The highest BCUT2D eigenvalue weighted by molar-refractivity contribution is 5.93. The minimum Gasteiger partial charge on any atom is -0.381 e. The quantitative estimate of drug-likeness (QED) is 0.916. The van der Waals surface area contributed by atoms with Crippen molar-refractivity contribution >= 4 is 17.4 Å². The number of rotatable bonds is 4. The van der Waals surface area contributed by atoms with Crippen molar-refractivity contribution in [2.45, 2.75) is 32.1 Å². The molecule has 1 N–H and O–H groups in total. The Balaban J connectivity index is 1.62. The van der Waals surface area contributed by atoms with Crippen LogP contribution in [-0.2, 0) is 9.53 Å². The molecule has 0 unspecified atom stereocenters. The first-order valence-corrected chi connectivity index (χ1v) is 7.75. The smallest absolute Gasteiger partial charge is 0.224 e. The van der Waals surface area contributed by atoms with Crippen molar-refractivity contribution in [2.75, 3.05) is 36.5 Å². The summed E-state index contributed by atoms with van der Waals surface area (Å²) in [6, 6.07) is 0. The van der Waals surface area contributed by atoms with Gasteiger partial charge in [0.2, 0.25) is 5.91 Å². The molecule has 2 fully saturated rings. The molecule has 0 aliphatic carbocycles. The fourth-order valence-electron chi connectivity index (χ4n) is 3.01. The normalized spacial score (nSPS) is 19.7. The first-order valence-electron chi connectivity index (χ1n) is 7.75. The van der Waals surface area contributed by atoms with E-state index in [1.807, 2.05) is 0 Å². The molecule has 0 bridgehead atoms. The molecule has 0 spiro atoms. The zero-order valence-corrected chi connectivity index (χ0v) is 12.3. The molecule has 6 nitrogen and oxygen atoms in total.